The van der Waals surface area contributed by atoms with Crippen molar-refractivity contribution in [2.45, 2.75) is 51.4 Å². The molecule has 2 N–H and O–H groups in total. The molecule has 3 aromatic rings. The highest BCUT2D eigenvalue weighted by Crippen LogP contribution is 2.33. The molecule has 1 atom stereocenters. The first-order valence-electron chi connectivity index (χ1n) is 11.2. The lowest BCUT2D eigenvalue weighted by atomic mass is 10.0. The zero-order valence-electron chi connectivity index (χ0n) is 20.0. The third-order valence-electron chi connectivity index (χ3n) is 5.76. The summed E-state index contributed by atoms with van der Waals surface area (Å²) < 4.78 is 44.2. The highest BCUT2D eigenvalue weighted by molar-refractivity contribution is 6.33. The fourth-order valence-corrected chi connectivity index (χ4v) is 3.56. The van der Waals surface area contributed by atoms with Gasteiger partial charge in [-0.05, 0) is 43.0 Å². The summed E-state index contributed by atoms with van der Waals surface area (Å²) in [6.45, 7) is 2.54. The fourth-order valence-electron chi connectivity index (χ4n) is 3.36. The van der Waals surface area contributed by atoms with Crippen LogP contribution in [0.5, 0.6) is 6.01 Å². The number of unbranched alkanes of at least 4 members (excludes halogenated alkanes) is 1. The van der Waals surface area contributed by atoms with E-state index in [1.165, 1.54) is 17.7 Å². The lowest BCUT2D eigenvalue weighted by Crippen LogP contribution is -2.55. The molecule has 2 aromatic carbocycles. The minimum Gasteiger partial charge on any atom is -0.479 e. The summed E-state index contributed by atoms with van der Waals surface area (Å²) in [4.78, 5) is 24.6. The third kappa shape index (κ3) is 6.11. The normalized spacial score (nSPS) is 13.3. The van der Waals surface area contributed by atoms with E-state index in [0.717, 1.165) is 26.4 Å². The van der Waals surface area contributed by atoms with Crippen LogP contribution in [0, 0.1) is 0 Å². The average Bonchev–Trinajstić information content (AvgIpc) is 2.85. The van der Waals surface area contributed by atoms with Gasteiger partial charge in [0.25, 0.3) is 5.91 Å². The van der Waals surface area contributed by atoms with Crippen LogP contribution in [-0.4, -0.2) is 44.9 Å². The predicted molar refractivity (Wildman–Crippen MR) is 129 cm³/mol. The summed E-state index contributed by atoms with van der Waals surface area (Å²) in [5.41, 5.74) is -0.410. The molecule has 36 heavy (non-hydrogen) atoms. The van der Waals surface area contributed by atoms with Crippen LogP contribution in [0.1, 0.15) is 37.8 Å². The zero-order valence-corrected chi connectivity index (χ0v) is 20.7. The Bertz CT molecular complexity index is 1220. The summed E-state index contributed by atoms with van der Waals surface area (Å²) in [5, 5.41) is 12.6. The molecule has 0 aliphatic rings. The second-order valence-corrected chi connectivity index (χ2v) is 8.72. The molecule has 0 spiro atoms. The van der Waals surface area contributed by atoms with Crippen LogP contribution < -0.4 is 5.32 Å². The molecule has 0 radical (unpaired) electrons. The largest absolute Gasteiger partial charge is 0.479 e. The summed E-state index contributed by atoms with van der Waals surface area (Å²) in [7, 11) is 0.817. The van der Waals surface area contributed by atoms with Crippen LogP contribution in [0.4, 0.5) is 13.2 Å². The molecular weight excluding hydrogens is 497 g/mol. The second-order valence-electron chi connectivity index (χ2n) is 8.32. The third-order valence-corrected chi connectivity index (χ3v) is 6.09. The standard InChI is InChI=1S/C25H26ClF3N4O3/c1-4-5-6-15-7-10-17(11-8-15)20-31-21(33-23(35)32-20)18-13-16(9-12-19(18)26)14-30-22(34)24(2,36-3)25(27,28)29/h7-13H,4-6,14H2,1-3H3,(H,30,34)(H,31,32,33,35)/t24-/m1/s1. The Morgan fingerprint density at radius 2 is 1.69 bits per heavy atom. The lowest BCUT2D eigenvalue weighted by Gasteiger charge is -2.29. The highest BCUT2D eigenvalue weighted by Gasteiger charge is 2.57. The van der Waals surface area contributed by atoms with Crippen molar-refractivity contribution in [3.63, 3.8) is 0 Å². The van der Waals surface area contributed by atoms with Gasteiger partial charge in [-0.2, -0.15) is 23.1 Å². The number of aromatic hydroxyl groups is 1. The minimum absolute atomic E-state index is 0.0720. The second kappa shape index (κ2) is 11.2. The molecule has 0 saturated carbocycles. The fraction of sp³-hybridized carbons (Fsp3) is 0.360. The van der Waals surface area contributed by atoms with Gasteiger partial charge in [0.1, 0.15) is 0 Å². The number of methoxy groups -OCH3 is 1. The SMILES string of the molecule is CCCCc1ccc(-c2nc(O)nc(-c3cc(CNC(=O)[C@@](C)(OC)C(F)(F)F)ccc3Cl)n2)cc1. The Morgan fingerprint density at radius 1 is 1.06 bits per heavy atom. The number of aryl methyl sites for hydroxylation is 1. The number of carbonyl (C=O) groups is 1. The number of alkyl halides is 3. The Morgan fingerprint density at radius 3 is 2.31 bits per heavy atom. The Balaban J connectivity index is 1.86. The van der Waals surface area contributed by atoms with Crippen LogP contribution in [-0.2, 0) is 22.5 Å². The maximum atomic E-state index is 13.3. The number of aromatic nitrogens is 3. The molecule has 1 heterocycles. The molecule has 1 amide bonds. The average molecular weight is 523 g/mol. The number of amides is 1. The monoisotopic (exact) mass is 522 g/mol. The van der Waals surface area contributed by atoms with E-state index in [0.29, 0.717) is 23.6 Å². The first-order valence-corrected chi connectivity index (χ1v) is 11.6. The number of hydrogen-bond donors (Lipinski definition) is 2. The Kier molecular flexibility index (Phi) is 8.52. The Hall–Kier alpha value is -3.24. The summed E-state index contributed by atoms with van der Waals surface area (Å²) in [6.07, 6.45) is -1.78. The van der Waals surface area contributed by atoms with Crippen molar-refractivity contribution in [3.8, 4) is 28.8 Å². The van der Waals surface area contributed by atoms with E-state index < -0.39 is 23.7 Å². The first kappa shape index (κ1) is 27.3. The molecule has 0 unspecified atom stereocenters. The van der Waals surface area contributed by atoms with Gasteiger partial charge < -0.3 is 15.2 Å². The number of nitrogens with one attached hydrogen (secondary N) is 1. The van der Waals surface area contributed by atoms with Crippen molar-refractivity contribution < 1.29 is 27.8 Å². The number of rotatable bonds is 9. The van der Waals surface area contributed by atoms with Crippen LogP contribution >= 0.6 is 11.6 Å². The molecule has 3 rings (SSSR count). The van der Waals surface area contributed by atoms with E-state index >= 15 is 0 Å². The topological polar surface area (TPSA) is 97.2 Å². The minimum atomic E-state index is -4.90. The van der Waals surface area contributed by atoms with Gasteiger partial charge in [-0.3, -0.25) is 4.79 Å². The molecule has 11 heteroatoms. The maximum absolute atomic E-state index is 13.3. The zero-order chi connectivity index (χ0) is 26.5. The lowest BCUT2D eigenvalue weighted by molar-refractivity contribution is -0.253. The summed E-state index contributed by atoms with van der Waals surface area (Å²) >= 11 is 6.33. The van der Waals surface area contributed by atoms with E-state index in [4.69, 9.17) is 11.6 Å². The van der Waals surface area contributed by atoms with E-state index in [1.54, 1.807) is 6.07 Å². The quantitative estimate of drug-likeness (QED) is 0.385. The number of carbonyl (C=O) groups excluding carboxylic acids is 1. The van der Waals surface area contributed by atoms with Crippen molar-refractivity contribution >= 4 is 17.5 Å². The maximum Gasteiger partial charge on any atom is 0.426 e. The molecule has 0 aliphatic heterocycles. The Labute approximate surface area is 211 Å². The number of nitrogens with zero attached hydrogens (tertiary/aromatic N) is 3. The van der Waals surface area contributed by atoms with Gasteiger partial charge in [0.15, 0.2) is 11.6 Å². The van der Waals surface area contributed by atoms with Crippen LogP contribution in [0.25, 0.3) is 22.8 Å². The van der Waals surface area contributed by atoms with E-state index in [-0.39, 0.29) is 23.2 Å². The van der Waals surface area contributed by atoms with Crippen molar-refractivity contribution in [1.82, 2.24) is 20.3 Å². The van der Waals surface area contributed by atoms with Gasteiger partial charge in [0.05, 0.1) is 5.02 Å². The van der Waals surface area contributed by atoms with Crippen LogP contribution in [0.15, 0.2) is 42.5 Å². The molecule has 0 fully saturated rings. The van der Waals surface area contributed by atoms with E-state index in [9.17, 15) is 23.1 Å². The predicted octanol–water partition coefficient (Wildman–Crippen LogP) is 5.49. The number of halogens is 4. The molecule has 0 bridgehead atoms. The molecule has 0 saturated heterocycles. The van der Waals surface area contributed by atoms with Gasteiger partial charge in [-0.15, -0.1) is 0 Å². The number of hydrogen-bond acceptors (Lipinski definition) is 6. The van der Waals surface area contributed by atoms with Gasteiger partial charge >= 0.3 is 12.2 Å². The molecule has 0 aliphatic carbocycles. The van der Waals surface area contributed by atoms with Gasteiger partial charge in [0.2, 0.25) is 5.60 Å². The molecular formula is C25H26ClF3N4O3. The van der Waals surface area contributed by atoms with Gasteiger partial charge in [-0.1, -0.05) is 55.3 Å². The van der Waals surface area contributed by atoms with Gasteiger partial charge in [-0.25, -0.2) is 4.98 Å². The first-order chi connectivity index (χ1) is 17.0. The smallest absolute Gasteiger partial charge is 0.426 e. The molecule has 1 aromatic heterocycles. The van der Waals surface area contributed by atoms with Gasteiger partial charge in [0, 0.05) is 24.8 Å². The van der Waals surface area contributed by atoms with E-state index in [2.05, 4.69) is 31.9 Å². The molecule has 7 nitrogen and oxygen atoms in total. The summed E-state index contributed by atoms with van der Waals surface area (Å²) in [5.74, 6) is -1.03. The summed E-state index contributed by atoms with van der Waals surface area (Å²) in [6, 6.07) is 11.7. The highest BCUT2D eigenvalue weighted by atomic mass is 35.5. The van der Waals surface area contributed by atoms with E-state index in [1.807, 2.05) is 24.3 Å². The van der Waals surface area contributed by atoms with Crippen molar-refractivity contribution in [2.24, 2.45) is 0 Å². The van der Waals surface area contributed by atoms with Crippen molar-refractivity contribution in [3.05, 3.63) is 58.6 Å². The number of ether oxygens (including phenoxy) is 1. The number of benzene rings is 2. The van der Waals surface area contributed by atoms with Crippen LogP contribution in [0.3, 0.4) is 0 Å². The molecule has 192 valence electrons. The van der Waals surface area contributed by atoms with Crippen LogP contribution in [0.2, 0.25) is 5.02 Å². The van der Waals surface area contributed by atoms with Crippen molar-refractivity contribution in [2.75, 3.05) is 7.11 Å². The van der Waals surface area contributed by atoms with Crippen molar-refractivity contribution in [1.29, 1.82) is 0 Å².